The van der Waals surface area contributed by atoms with E-state index in [4.69, 9.17) is 5.11 Å². The van der Waals surface area contributed by atoms with E-state index in [1.165, 1.54) is 0 Å². The van der Waals surface area contributed by atoms with Gasteiger partial charge in [0.2, 0.25) is 0 Å². The van der Waals surface area contributed by atoms with E-state index in [9.17, 15) is 9.90 Å². The zero-order chi connectivity index (χ0) is 10.3. The second-order valence-corrected chi connectivity index (χ2v) is 4.26. The van der Waals surface area contributed by atoms with Crippen LogP contribution in [0.3, 0.4) is 0 Å². The summed E-state index contributed by atoms with van der Waals surface area (Å²) in [6.45, 7) is 1.78. The van der Waals surface area contributed by atoms with Crippen LogP contribution in [0, 0.1) is 5.92 Å². The Labute approximate surface area is 83.5 Å². The monoisotopic (exact) mass is 206 g/mol. The number of thioether (sulfide) groups is 1. The molecule has 0 bridgehead atoms. The molecule has 13 heavy (non-hydrogen) atoms. The van der Waals surface area contributed by atoms with Gasteiger partial charge in [-0.1, -0.05) is 6.92 Å². The van der Waals surface area contributed by atoms with Gasteiger partial charge >= 0.3 is 5.97 Å². The molecule has 3 nitrogen and oxygen atoms in total. The second-order valence-electron chi connectivity index (χ2n) is 3.28. The van der Waals surface area contributed by atoms with E-state index < -0.39 is 12.1 Å². The highest BCUT2D eigenvalue weighted by Crippen LogP contribution is 2.14. The summed E-state index contributed by atoms with van der Waals surface area (Å²) in [6.07, 6.45) is 3.26. The number of aliphatic hydroxyl groups is 1. The summed E-state index contributed by atoms with van der Waals surface area (Å²) in [5, 5.41) is 18.0. The lowest BCUT2D eigenvalue weighted by Crippen LogP contribution is -2.20. The van der Waals surface area contributed by atoms with Crippen LogP contribution in [-0.4, -0.2) is 34.3 Å². The molecule has 0 heterocycles. The van der Waals surface area contributed by atoms with Crippen LogP contribution in [0.2, 0.25) is 0 Å². The zero-order valence-electron chi connectivity index (χ0n) is 8.19. The Morgan fingerprint density at radius 3 is 2.62 bits per heavy atom. The third kappa shape index (κ3) is 6.90. The molecule has 0 radical (unpaired) electrons. The van der Waals surface area contributed by atoms with Crippen LogP contribution in [0.25, 0.3) is 0 Å². The number of hydrogen-bond acceptors (Lipinski definition) is 3. The highest BCUT2D eigenvalue weighted by atomic mass is 32.2. The maximum Gasteiger partial charge on any atom is 0.303 e. The summed E-state index contributed by atoms with van der Waals surface area (Å²) >= 11 is 1.74. The lowest BCUT2D eigenvalue weighted by molar-refractivity contribution is -0.139. The van der Waals surface area contributed by atoms with Gasteiger partial charge in [-0.15, -0.1) is 0 Å². The van der Waals surface area contributed by atoms with Crippen molar-refractivity contribution in [3.8, 4) is 0 Å². The Morgan fingerprint density at radius 2 is 2.15 bits per heavy atom. The third-order valence-corrected chi connectivity index (χ3v) is 2.70. The molecule has 0 rings (SSSR count). The van der Waals surface area contributed by atoms with Crippen molar-refractivity contribution >= 4 is 17.7 Å². The molecule has 0 fully saturated rings. The fourth-order valence-electron chi connectivity index (χ4n) is 1.13. The van der Waals surface area contributed by atoms with Crippen molar-refractivity contribution in [2.45, 2.75) is 32.3 Å². The number of aliphatic hydroxyl groups excluding tert-OH is 1. The van der Waals surface area contributed by atoms with Gasteiger partial charge in [0.25, 0.3) is 0 Å². The fraction of sp³-hybridized carbons (Fsp3) is 0.889. The van der Waals surface area contributed by atoms with E-state index in [1.54, 1.807) is 18.7 Å². The number of aliphatic carboxylic acids is 1. The van der Waals surface area contributed by atoms with Gasteiger partial charge in [0.05, 0.1) is 12.5 Å². The summed E-state index contributed by atoms with van der Waals surface area (Å²) < 4.78 is 0. The largest absolute Gasteiger partial charge is 0.481 e. The Hall–Kier alpha value is -0.220. The molecule has 0 aromatic rings. The van der Waals surface area contributed by atoms with Crippen LogP contribution in [0.5, 0.6) is 0 Å². The lowest BCUT2D eigenvalue weighted by atomic mass is 9.97. The fourth-order valence-corrected chi connectivity index (χ4v) is 1.59. The summed E-state index contributed by atoms with van der Waals surface area (Å²) in [7, 11) is 0. The molecule has 78 valence electrons. The van der Waals surface area contributed by atoms with E-state index in [-0.39, 0.29) is 12.3 Å². The van der Waals surface area contributed by atoms with Crippen LogP contribution in [0.1, 0.15) is 26.2 Å². The summed E-state index contributed by atoms with van der Waals surface area (Å²) in [4.78, 5) is 10.3. The van der Waals surface area contributed by atoms with Gasteiger partial charge in [-0.25, -0.2) is 0 Å². The molecule has 4 heteroatoms. The minimum absolute atomic E-state index is 0.0560. The molecule has 0 saturated heterocycles. The van der Waals surface area contributed by atoms with Gasteiger partial charge in [-0.05, 0) is 30.8 Å². The first-order valence-corrected chi connectivity index (χ1v) is 5.86. The average Bonchev–Trinajstić information content (AvgIpc) is 2.03. The third-order valence-electron chi connectivity index (χ3n) is 2.00. The molecule has 2 unspecified atom stereocenters. The van der Waals surface area contributed by atoms with Crippen molar-refractivity contribution in [1.82, 2.24) is 0 Å². The van der Waals surface area contributed by atoms with Crippen molar-refractivity contribution < 1.29 is 15.0 Å². The molecule has 0 aliphatic carbocycles. The number of carboxylic acids is 1. The van der Waals surface area contributed by atoms with Crippen LogP contribution < -0.4 is 0 Å². The number of rotatable bonds is 7. The summed E-state index contributed by atoms with van der Waals surface area (Å²) in [5.41, 5.74) is 0. The molecule has 2 N–H and O–H groups in total. The first kappa shape index (κ1) is 12.8. The summed E-state index contributed by atoms with van der Waals surface area (Å²) in [5.74, 6) is 0.0485. The number of hydrogen-bond donors (Lipinski definition) is 2. The van der Waals surface area contributed by atoms with Crippen LogP contribution in [-0.2, 0) is 4.79 Å². The zero-order valence-corrected chi connectivity index (χ0v) is 9.01. The Kier molecular flexibility index (Phi) is 7.09. The SMILES string of the molecule is CSCCCC(O)C(C)CC(=O)O. The minimum Gasteiger partial charge on any atom is -0.481 e. The average molecular weight is 206 g/mol. The van der Waals surface area contributed by atoms with Crippen molar-refractivity contribution in [1.29, 1.82) is 0 Å². The highest BCUT2D eigenvalue weighted by molar-refractivity contribution is 7.98. The Bertz CT molecular complexity index is 150. The van der Waals surface area contributed by atoms with Gasteiger partial charge in [-0.3, -0.25) is 4.79 Å². The van der Waals surface area contributed by atoms with Crippen LogP contribution in [0.4, 0.5) is 0 Å². The van der Waals surface area contributed by atoms with Crippen LogP contribution in [0.15, 0.2) is 0 Å². The molecular formula is C9H18O3S. The molecule has 0 amide bonds. The first-order chi connectivity index (χ1) is 6.07. The minimum atomic E-state index is -0.837. The smallest absolute Gasteiger partial charge is 0.303 e. The Morgan fingerprint density at radius 1 is 1.54 bits per heavy atom. The van der Waals surface area contributed by atoms with Gasteiger partial charge in [0.1, 0.15) is 0 Å². The van der Waals surface area contributed by atoms with Gasteiger partial charge in [0.15, 0.2) is 0 Å². The predicted molar refractivity (Wildman–Crippen MR) is 55.0 cm³/mol. The molecule has 0 saturated carbocycles. The molecule has 0 aromatic carbocycles. The second kappa shape index (κ2) is 7.21. The normalized spacial score (nSPS) is 15.3. The molecule has 0 spiro atoms. The highest BCUT2D eigenvalue weighted by Gasteiger charge is 2.16. The van der Waals surface area contributed by atoms with Crippen molar-refractivity contribution in [3.05, 3.63) is 0 Å². The number of carboxylic acid groups (broad SMARTS) is 1. The van der Waals surface area contributed by atoms with Crippen molar-refractivity contribution in [2.24, 2.45) is 5.92 Å². The quantitative estimate of drug-likeness (QED) is 0.621. The van der Waals surface area contributed by atoms with Crippen LogP contribution >= 0.6 is 11.8 Å². The van der Waals surface area contributed by atoms with Gasteiger partial charge < -0.3 is 10.2 Å². The first-order valence-electron chi connectivity index (χ1n) is 4.46. The number of carbonyl (C=O) groups is 1. The Balaban J connectivity index is 3.56. The topological polar surface area (TPSA) is 57.5 Å². The van der Waals surface area contributed by atoms with Crippen molar-refractivity contribution in [3.63, 3.8) is 0 Å². The van der Waals surface area contributed by atoms with E-state index in [1.807, 2.05) is 6.26 Å². The molecule has 0 aliphatic rings. The van der Waals surface area contributed by atoms with E-state index >= 15 is 0 Å². The lowest BCUT2D eigenvalue weighted by Gasteiger charge is -2.16. The summed E-state index contributed by atoms with van der Waals surface area (Å²) in [6, 6.07) is 0. The van der Waals surface area contributed by atoms with Crippen molar-refractivity contribution in [2.75, 3.05) is 12.0 Å². The molecule has 0 aromatic heterocycles. The maximum absolute atomic E-state index is 10.3. The van der Waals surface area contributed by atoms with E-state index in [0.717, 1.165) is 12.2 Å². The standard InChI is InChI=1S/C9H18O3S/c1-7(6-9(11)12)8(10)4-3-5-13-2/h7-8,10H,3-6H2,1-2H3,(H,11,12). The maximum atomic E-state index is 10.3. The van der Waals surface area contributed by atoms with E-state index in [2.05, 4.69) is 0 Å². The van der Waals surface area contributed by atoms with Gasteiger partial charge in [-0.2, -0.15) is 11.8 Å². The van der Waals surface area contributed by atoms with E-state index in [0.29, 0.717) is 6.42 Å². The molecule has 0 aliphatic heterocycles. The molecule has 2 atom stereocenters. The predicted octanol–water partition coefficient (Wildman–Crippen LogP) is 1.60. The van der Waals surface area contributed by atoms with Gasteiger partial charge in [0, 0.05) is 0 Å². The molecular weight excluding hydrogens is 188 g/mol.